The summed E-state index contributed by atoms with van der Waals surface area (Å²) >= 11 is 0. The Morgan fingerprint density at radius 2 is 1.86 bits per heavy atom. The van der Waals surface area contributed by atoms with Gasteiger partial charge in [0.25, 0.3) is 0 Å². The summed E-state index contributed by atoms with van der Waals surface area (Å²) in [5, 5.41) is 24.3. The molecular formula is C27H33Cl2F2N5O6. The summed E-state index contributed by atoms with van der Waals surface area (Å²) in [4.78, 5) is 45.7. The van der Waals surface area contributed by atoms with Crippen molar-refractivity contribution in [2.45, 2.75) is 37.8 Å². The quantitative estimate of drug-likeness (QED) is 0.238. The number of allylic oxidation sites excluding steroid dienone is 1. The largest absolute Gasteiger partial charge is 0.466 e. The summed E-state index contributed by atoms with van der Waals surface area (Å²) in [6, 6.07) is 4.52. The van der Waals surface area contributed by atoms with Crippen molar-refractivity contribution in [1.29, 1.82) is 0 Å². The molecule has 0 spiro atoms. The van der Waals surface area contributed by atoms with Crippen LogP contribution in [0.25, 0.3) is 0 Å². The maximum absolute atomic E-state index is 14.1. The third-order valence-corrected chi connectivity index (χ3v) is 7.21. The molecule has 0 radical (unpaired) electrons. The Hall–Kier alpha value is -3.36. The van der Waals surface area contributed by atoms with Crippen LogP contribution >= 0.6 is 24.8 Å². The van der Waals surface area contributed by atoms with E-state index in [2.05, 4.69) is 15.2 Å². The molecule has 4 rings (SSSR count). The fourth-order valence-electron chi connectivity index (χ4n) is 5.01. The molecule has 2 aliphatic rings. The molecule has 0 saturated carbocycles. The number of hydrogen-bond acceptors (Lipinski definition) is 8. The Morgan fingerprint density at radius 1 is 1.17 bits per heavy atom. The number of likely N-dealkylation sites (tertiary alicyclic amines) is 1. The summed E-state index contributed by atoms with van der Waals surface area (Å²) in [6.45, 7) is 2.89. The summed E-state index contributed by atoms with van der Waals surface area (Å²) in [6.07, 6.45) is 2.90. The Balaban J connectivity index is 0.00000308. The predicted molar refractivity (Wildman–Crippen MR) is 151 cm³/mol. The number of piperidine rings is 1. The van der Waals surface area contributed by atoms with Gasteiger partial charge in [0.15, 0.2) is 11.6 Å². The highest BCUT2D eigenvalue weighted by molar-refractivity contribution is 6.01. The Morgan fingerprint density at radius 3 is 2.45 bits per heavy atom. The molecule has 15 heteroatoms. The van der Waals surface area contributed by atoms with E-state index in [0.717, 1.165) is 25.3 Å². The molecule has 1 aromatic carbocycles. The van der Waals surface area contributed by atoms with Crippen LogP contribution in [0.15, 0.2) is 53.9 Å². The van der Waals surface area contributed by atoms with Gasteiger partial charge in [-0.15, -0.1) is 24.8 Å². The van der Waals surface area contributed by atoms with Gasteiger partial charge in [-0.2, -0.15) is 0 Å². The van der Waals surface area contributed by atoms with Crippen LogP contribution in [0.2, 0.25) is 0 Å². The number of carbonyl (C=O) groups excluding carboxylic acids is 3. The molecule has 1 atom stereocenters. The second-order valence-corrected chi connectivity index (χ2v) is 9.75. The molecule has 3 heterocycles. The highest BCUT2D eigenvalue weighted by Crippen LogP contribution is 2.36. The summed E-state index contributed by atoms with van der Waals surface area (Å²) in [5.41, 5.74) is -0.577. The maximum atomic E-state index is 14.1. The van der Waals surface area contributed by atoms with Crippen molar-refractivity contribution in [2.75, 3.05) is 33.3 Å². The number of aliphatic hydroxyl groups is 1. The lowest BCUT2D eigenvalue weighted by Crippen LogP contribution is -2.55. The number of carbonyl (C=O) groups is 3. The SMILES string of the molecule is COC(=O)C1=C(C)NC(=O)N(C(=O)N(O)CCCN2CCC(O)(c3ccccn3)CC2)C1c1ccc(F)c(F)c1.Cl.Cl. The smallest absolute Gasteiger partial charge is 0.352 e. The summed E-state index contributed by atoms with van der Waals surface area (Å²) < 4.78 is 32.6. The van der Waals surface area contributed by atoms with Crippen molar-refractivity contribution >= 4 is 42.8 Å². The first-order chi connectivity index (χ1) is 19.1. The number of nitrogens with one attached hydrogen (secondary N) is 1. The number of aromatic nitrogens is 1. The van der Waals surface area contributed by atoms with Crippen molar-refractivity contribution in [1.82, 2.24) is 25.2 Å². The molecule has 3 N–H and O–H groups in total. The van der Waals surface area contributed by atoms with E-state index in [-0.39, 0.29) is 48.2 Å². The number of imide groups is 1. The van der Waals surface area contributed by atoms with Crippen LogP contribution in [-0.2, 0) is 15.1 Å². The maximum Gasteiger partial charge on any atom is 0.352 e. The Kier molecular flexibility index (Phi) is 12.2. The zero-order chi connectivity index (χ0) is 29.0. The van der Waals surface area contributed by atoms with Crippen LogP contribution < -0.4 is 5.32 Å². The predicted octanol–water partition coefficient (Wildman–Crippen LogP) is 3.90. The minimum absolute atomic E-state index is 0. The molecule has 1 saturated heterocycles. The first kappa shape index (κ1) is 34.8. The summed E-state index contributed by atoms with van der Waals surface area (Å²) in [7, 11) is 1.10. The molecule has 0 aliphatic carbocycles. The number of pyridine rings is 1. The van der Waals surface area contributed by atoms with Crippen LogP contribution in [0, 0.1) is 11.6 Å². The van der Waals surface area contributed by atoms with Crippen LogP contribution in [0.3, 0.4) is 0 Å². The lowest BCUT2D eigenvalue weighted by molar-refractivity contribution is -0.137. The highest BCUT2D eigenvalue weighted by Gasteiger charge is 2.43. The molecule has 4 amide bonds. The van der Waals surface area contributed by atoms with Gasteiger partial charge in [0, 0.05) is 25.0 Å². The Labute approximate surface area is 253 Å². The molecule has 1 aromatic heterocycles. The van der Waals surface area contributed by atoms with Crippen molar-refractivity contribution in [3.63, 3.8) is 0 Å². The number of ether oxygens (including phenoxy) is 1. The average Bonchev–Trinajstić information content (AvgIpc) is 2.95. The van der Waals surface area contributed by atoms with Crippen molar-refractivity contribution in [3.05, 3.63) is 76.8 Å². The third kappa shape index (κ3) is 7.34. The van der Waals surface area contributed by atoms with Gasteiger partial charge in [0.1, 0.15) is 11.6 Å². The Bertz CT molecular complexity index is 1310. The van der Waals surface area contributed by atoms with Crippen molar-refractivity contribution in [3.8, 4) is 0 Å². The lowest BCUT2D eigenvalue weighted by atomic mass is 9.87. The first-order valence-electron chi connectivity index (χ1n) is 12.8. The number of halogens is 4. The number of benzene rings is 1. The number of nitrogens with zero attached hydrogens (tertiary/aromatic N) is 4. The molecule has 1 unspecified atom stereocenters. The molecule has 1 fully saturated rings. The fourth-order valence-corrected chi connectivity index (χ4v) is 5.01. The number of urea groups is 2. The van der Waals surface area contributed by atoms with Gasteiger partial charge >= 0.3 is 18.0 Å². The van der Waals surface area contributed by atoms with Crippen LogP contribution in [-0.4, -0.2) is 81.5 Å². The topological polar surface area (TPSA) is 136 Å². The van der Waals surface area contributed by atoms with E-state index >= 15 is 0 Å². The first-order valence-corrected chi connectivity index (χ1v) is 12.8. The van der Waals surface area contributed by atoms with Gasteiger partial charge in [-0.05, 0) is 62.6 Å². The van der Waals surface area contributed by atoms with E-state index in [1.165, 1.54) is 6.92 Å². The normalized spacial score (nSPS) is 18.4. The van der Waals surface area contributed by atoms with Crippen molar-refractivity contribution in [2.24, 2.45) is 0 Å². The fraction of sp³-hybridized carbons (Fsp3) is 0.407. The van der Waals surface area contributed by atoms with Gasteiger partial charge < -0.3 is 20.1 Å². The lowest BCUT2D eigenvalue weighted by Gasteiger charge is -2.38. The number of amides is 4. The zero-order valence-corrected chi connectivity index (χ0v) is 24.6. The van der Waals surface area contributed by atoms with Gasteiger partial charge in [-0.1, -0.05) is 12.1 Å². The molecule has 230 valence electrons. The molecular weight excluding hydrogens is 599 g/mol. The minimum Gasteiger partial charge on any atom is -0.466 e. The number of hydrogen-bond donors (Lipinski definition) is 3. The number of methoxy groups -OCH3 is 1. The third-order valence-electron chi connectivity index (χ3n) is 7.21. The van der Waals surface area contributed by atoms with Crippen LogP contribution in [0.5, 0.6) is 0 Å². The van der Waals surface area contributed by atoms with E-state index in [4.69, 9.17) is 4.74 Å². The molecule has 0 bridgehead atoms. The van der Waals surface area contributed by atoms with E-state index in [0.29, 0.717) is 54.6 Å². The van der Waals surface area contributed by atoms with E-state index < -0.39 is 41.3 Å². The molecule has 11 nitrogen and oxygen atoms in total. The van der Waals surface area contributed by atoms with Crippen LogP contribution in [0.4, 0.5) is 18.4 Å². The van der Waals surface area contributed by atoms with E-state index in [1.807, 2.05) is 6.07 Å². The van der Waals surface area contributed by atoms with E-state index in [9.17, 15) is 33.5 Å². The monoisotopic (exact) mass is 631 g/mol. The second-order valence-electron chi connectivity index (χ2n) is 9.75. The standard InChI is InChI=1S/C27H31F2N5O6.2ClH/c1-17-22(24(35)40-2)23(18-7-8-19(28)20(29)16-18)34(25(36)31-17)26(37)33(39)13-5-12-32-14-9-27(38,10-15-32)21-6-3-4-11-30-21;;/h3-4,6-8,11,16,23,38-39H,5,9-10,12-15H2,1-2H3,(H,31,36);2*1H. The van der Waals surface area contributed by atoms with Crippen molar-refractivity contribution < 1.29 is 38.2 Å². The van der Waals surface area contributed by atoms with Gasteiger partial charge in [0.05, 0.1) is 24.9 Å². The zero-order valence-electron chi connectivity index (χ0n) is 23.0. The molecule has 2 aromatic rings. The number of esters is 1. The second kappa shape index (κ2) is 14.7. The number of rotatable bonds is 7. The van der Waals surface area contributed by atoms with Gasteiger partial charge in [-0.25, -0.2) is 33.1 Å². The minimum atomic E-state index is -1.48. The van der Waals surface area contributed by atoms with Gasteiger partial charge in [-0.3, -0.25) is 10.2 Å². The van der Waals surface area contributed by atoms with E-state index in [1.54, 1.807) is 18.3 Å². The van der Waals surface area contributed by atoms with Gasteiger partial charge in [0.2, 0.25) is 0 Å². The molecule has 42 heavy (non-hydrogen) atoms. The highest BCUT2D eigenvalue weighted by atomic mass is 35.5. The average molecular weight is 632 g/mol. The molecule has 2 aliphatic heterocycles. The number of hydroxylamine groups is 2. The summed E-state index contributed by atoms with van der Waals surface area (Å²) in [5.74, 6) is -3.29. The van der Waals surface area contributed by atoms with Crippen LogP contribution in [0.1, 0.15) is 43.5 Å².